The highest BCUT2D eigenvalue weighted by Gasteiger charge is 2.18. The van der Waals surface area contributed by atoms with Gasteiger partial charge in [-0.15, -0.1) is 6.42 Å². The summed E-state index contributed by atoms with van der Waals surface area (Å²) < 4.78 is 2.29. The second-order valence-corrected chi connectivity index (χ2v) is 11.4. The first-order chi connectivity index (χ1) is 22.8. The second-order valence-electron chi connectivity index (χ2n) is 11.4. The Morgan fingerprint density at radius 1 is 0.413 bits per heavy atom. The number of anilines is 3. The summed E-state index contributed by atoms with van der Waals surface area (Å²) in [6, 6.07) is 61.9. The molecule has 0 atom stereocenters. The number of para-hydroxylation sites is 2. The highest BCUT2D eigenvalue weighted by Crippen LogP contribution is 2.39. The van der Waals surface area contributed by atoms with Crippen LogP contribution in [0.1, 0.15) is 5.56 Å². The lowest BCUT2D eigenvalue weighted by atomic mass is 10.0. The minimum absolute atomic E-state index is 0.829. The van der Waals surface area contributed by atoms with E-state index in [9.17, 15) is 0 Å². The number of fused-ring (bicyclic) bond motifs is 3. The van der Waals surface area contributed by atoms with Gasteiger partial charge in [-0.2, -0.15) is 0 Å². The topological polar surface area (TPSA) is 8.17 Å². The molecule has 1 heterocycles. The summed E-state index contributed by atoms with van der Waals surface area (Å²) in [5, 5.41) is 2.42. The molecule has 0 aliphatic heterocycles. The van der Waals surface area contributed by atoms with Gasteiger partial charge >= 0.3 is 0 Å². The molecule has 0 aliphatic carbocycles. The monoisotopic (exact) mass is 586 g/mol. The van der Waals surface area contributed by atoms with Gasteiger partial charge in [-0.1, -0.05) is 127 Å². The summed E-state index contributed by atoms with van der Waals surface area (Å²) in [5.41, 5.74) is 11.9. The minimum Gasteiger partial charge on any atom is -0.310 e. The van der Waals surface area contributed by atoms with Crippen molar-refractivity contribution in [2.75, 3.05) is 4.90 Å². The summed E-state index contributed by atoms with van der Waals surface area (Å²) in [6.07, 6.45) is 6.28. The van der Waals surface area contributed by atoms with Crippen molar-refractivity contribution >= 4 is 38.9 Å². The molecule has 0 saturated heterocycles. The summed E-state index contributed by atoms with van der Waals surface area (Å²) in [5.74, 6) is 3.03. The molecule has 46 heavy (non-hydrogen) atoms. The van der Waals surface area contributed by atoms with Crippen LogP contribution in [0.2, 0.25) is 0 Å². The van der Waals surface area contributed by atoms with Gasteiger partial charge in [-0.3, -0.25) is 0 Å². The Hall–Kier alpha value is -6.30. The Labute approximate surface area is 269 Å². The third kappa shape index (κ3) is 4.81. The van der Waals surface area contributed by atoms with Crippen LogP contribution in [-0.2, 0) is 0 Å². The molecule has 216 valence electrons. The fourth-order valence-electron chi connectivity index (χ4n) is 6.47. The van der Waals surface area contributed by atoms with E-state index < -0.39 is 0 Å². The van der Waals surface area contributed by atoms with Gasteiger partial charge in [0.2, 0.25) is 0 Å². The van der Waals surface area contributed by atoms with Crippen LogP contribution in [0.4, 0.5) is 17.1 Å². The predicted molar refractivity (Wildman–Crippen MR) is 194 cm³/mol. The van der Waals surface area contributed by atoms with Crippen molar-refractivity contribution in [1.82, 2.24) is 4.57 Å². The maximum Gasteiger partial charge on any atom is 0.0620 e. The molecule has 0 aliphatic rings. The predicted octanol–water partition coefficient (Wildman–Crippen LogP) is 11.6. The standard InChI is InChI=1S/C44H30N2/c1-2-32-31-39(29-30-42(32)46-43-19-11-9-17-40(43)41-18-10-12-20-44(41)46)45(37-25-21-35(22-26-37)33-13-5-3-6-14-33)38-27-23-36(24-28-38)34-15-7-4-8-16-34/h1,3-31H. The van der Waals surface area contributed by atoms with E-state index in [0.717, 1.165) is 39.3 Å². The van der Waals surface area contributed by atoms with E-state index in [1.807, 2.05) is 12.1 Å². The fraction of sp³-hybridized carbons (Fsp3) is 0. The highest BCUT2D eigenvalue weighted by atomic mass is 15.1. The van der Waals surface area contributed by atoms with Crippen molar-refractivity contribution in [3.63, 3.8) is 0 Å². The lowest BCUT2D eigenvalue weighted by Gasteiger charge is -2.27. The molecule has 1 aromatic heterocycles. The maximum atomic E-state index is 6.28. The number of terminal acetylenes is 1. The van der Waals surface area contributed by atoms with Gasteiger partial charge < -0.3 is 9.47 Å². The van der Waals surface area contributed by atoms with Crippen LogP contribution in [-0.4, -0.2) is 4.57 Å². The number of hydrogen-bond donors (Lipinski definition) is 0. The Morgan fingerprint density at radius 3 is 1.30 bits per heavy atom. The van der Waals surface area contributed by atoms with Crippen LogP contribution in [0, 0.1) is 12.3 Å². The molecule has 0 N–H and O–H groups in total. The number of benzene rings is 7. The molecule has 8 rings (SSSR count). The molecular weight excluding hydrogens is 556 g/mol. The Bertz CT molecular complexity index is 2210. The van der Waals surface area contributed by atoms with E-state index in [1.165, 1.54) is 33.0 Å². The largest absolute Gasteiger partial charge is 0.310 e. The van der Waals surface area contributed by atoms with Gasteiger partial charge in [0.05, 0.1) is 22.3 Å². The third-order valence-corrected chi connectivity index (χ3v) is 8.68. The van der Waals surface area contributed by atoms with Crippen LogP contribution in [0.25, 0.3) is 49.7 Å². The van der Waals surface area contributed by atoms with E-state index in [1.54, 1.807) is 0 Å². The molecule has 7 aromatic carbocycles. The molecule has 0 spiro atoms. The molecule has 0 bridgehead atoms. The van der Waals surface area contributed by atoms with E-state index in [-0.39, 0.29) is 0 Å². The number of rotatable bonds is 6. The normalized spacial score (nSPS) is 11.0. The van der Waals surface area contributed by atoms with Gasteiger partial charge in [0.25, 0.3) is 0 Å². The van der Waals surface area contributed by atoms with Crippen LogP contribution in [0.5, 0.6) is 0 Å². The number of hydrogen-bond acceptors (Lipinski definition) is 1. The molecule has 2 nitrogen and oxygen atoms in total. The molecule has 0 fully saturated rings. The Balaban J connectivity index is 1.27. The first-order valence-electron chi connectivity index (χ1n) is 15.5. The smallest absolute Gasteiger partial charge is 0.0620 e. The maximum absolute atomic E-state index is 6.28. The zero-order valence-electron chi connectivity index (χ0n) is 25.2. The average molecular weight is 587 g/mol. The van der Waals surface area contributed by atoms with Gasteiger partial charge in [0, 0.05) is 27.8 Å². The quantitative estimate of drug-likeness (QED) is 0.176. The Morgan fingerprint density at radius 2 is 0.826 bits per heavy atom. The second kappa shape index (κ2) is 11.7. The first-order valence-corrected chi connectivity index (χ1v) is 15.5. The van der Waals surface area contributed by atoms with Crippen LogP contribution in [0.15, 0.2) is 176 Å². The summed E-state index contributed by atoms with van der Waals surface area (Å²) in [7, 11) is 0. The van der Waals surface area contributed by atoms with Gasteiger partial charge in [0.15, 0.2) is 0 Å². The van der Waals surface area contributed by atoms with E-state index in [4.69, 9.17) is 6.42 Å². The van der Waals surface area contributed by atoms with Crippen LogP contribution < -0.4 is 4.90 Å². The van der Waals surface area contributed by atoms with Gasteiger partial charge in [0.1, 0.15) is 0 Å². The number of aromatic nitrogens is 1. The summed E-state index contributed by atoms with van der Waals surface area (Å²) in [4.78, 5) is 2.28. The van der Waals surface area contributed by atoms with E-state index in [2.05, 4.69) is 179 Å². The summed E-state index contributed by atoms with van der Waals surface area (Å²) >= 11 is 0. The summed E-state index contributed by atoms with van der Waals surface area (Å²) in [6.45, 7) is 0. The lowest BCUT2D eigenvalue weighted by Crippen LogP contribution is -2.11. The van der Waals surface area contributed by atoms with Crippen molar-refractivity contribution in [3.05, 3.63) is 181 Å². The molecule has 2 heteroatoms. The molecule has 0 amide bonds. The minimum atomic E-state index is 0.829. The van der Waals surface area contributed by atoms with Crippen molar-refractivity contribution in [2.24, 2.45) is 0 Å². The average Bonchev–Trinajstić information content (AvgIpc) is 3.47. The molecule has 0 saturated carbocycles. The van der Waals surface area contributed by atoms with E-state index >= 15 is 0 Å². The van der Waals surface area contributed by atoms with Crippen molar-refractivity contribution < 1.29 is 0 Å². The van der Waals surface area contributed by atoms with Crippen LogP contribution >= 0.6 is 0 Å². The van der Waals surface area contributed by atoms with Crippen LogP contribution in [0.3, 0.4) is 0 Å². The third-order valence-electron chi connectivity index (χ3n) is 8.68. The highest BCUT2D eigenvalue weighted by molar-refractivity contribution is 6.09. The van der Waals surface area contributed by atoms with Crippen molar-refractivity contribution in [3.8, 4) is 40.3 Å². The lowest BCUT2D eigenvalue weighted by molar-refractivity contribution is 1.16. The van der Waals surface area contributed by atoms with Crippen molar-refractivity contribution in [2.45, 2.75) is 0 Å². The van der Waals surface area contributed by atoms with Gasteiger partial charge in [-0.25, -0.2) is 0 Å². The zero-order chi connectivity index (χ0) is 30.9. The first kappa shape index (κ1) is 27.3. The number of nitrogens with zero attached hydrogens (tertiary/aromatic N) is 2. The van der Waals surface area contributed by atoms with E-state index in [0.29, 0.717) is 0 Å². The van der Waals surface area contributed by atoms with Crippen molar-refractivity contribution in [1.29, 1.82) is 0 Å². The fourth-order valence-corrected chi connectivity index (χ4v) is 6.47. The molecule has 0 radical (unpaired) electrons. The molecule has 8 aromatic rings. The van der Waals surface area contributed by atoms with Gasteiger partial charge in [-0.05, 0) is 76.9 Å². The zero-order valence-corrected chi connectivity index (χ0v) is 25.2. The molecule has 0 unspecified atom stereocenters. The SMILES string of the molecule is C#Cc1cc(N(c2ccc(-c3ccccc3)cc2)c2ccc(-c3ccccc3)cc2)ccc1-n1c2ccccc2c2ccccc21. The Kier molecular flexibility index (Phi) is 6.91. The molecular formula is C44H30N2.